The number of halogens is 2. The Bertz CT molecular complexity index is 1370. The Morgan fingerprint density at radius 1 is 0.917 bits per heavy atom. The molecule has 1 N–H and O–H groups in total. The molecule has 0 atom stereocenters. The second-order valence-electron chi connectivity index (χ2n) is 8.36. The lowest BCUT2D eigenvalue weighted by Crippen LogP contribution is -2.38. The van der Waals surface area contributed by atoms with Crippen LogP contribution >= 0.6 is 23.2 Å². The number of rotatable bonds is 9. The van der Waals surface area contributed by atoms with E-state index in [-0.39, 0.29) is 11.4 Å². The molecule has 0 aliphatic heterocycles. The molecule has 0 aromatic heterocycles. The van der Waals surface area contributed by atoms with Crippen molar-refractivity contribution in [1.82, 2.24) is 4.31 Å². The van der Waals surface area contributed by atoms with E-state index >= 15 is 0 Å². The van der Waals surface area contributed by atoms with E-state index in [0.29, 0.717) is 43.9 Å². The number of sulfonamides is 1. The summed E-state index contributed by atoms with van der Waals surface area (Å²) in [4.78, 5) is 13.3. The maximum Gasteiger partial charge on any atom is 0.244 e. The number of nitrogens with zero attached hydrogens (tertiary/aromatic N) is 1. The van der Waals surface area contributed by atoms with Crippen LogP contribution in [0.15, 0.2) is 53.4 Å². The largest absolute Gasteiger partial charge is 0.497 e. The zero-order valence-electron chi connectivity index (χ0n) is 20.7. The highest BCUT2D eigenvalue weighted by molar-refractivity contribution is 7.89. The van der Waals surface area contributed by atoms with Crippen molar-refractivity contribution in [2.45, 2.75) is 32.2 Å². The lowest BCUT2D eigenvalue weighted by molar-refractivity contribution is -0.116. The molecule has 0 unspecified atom stereocenters. The molecule has 0 heterocycles. The Kier molecular flexibility index (Phi) is 8.89. The molecule has 192 valence electrons. The normalized spacial score (nSPS) is 11.4. The molecule has 0 spiro atoms. The van der Waals surface area contributed by atoms with Crippen molar-refractivity contribution in [2.75, 3.05) is 26.1 Å². The van der Waals surface area contributed by atoms with Crippen LogP contribution in [0, 0.1) is 20.8 Å². The van der Waals surface area contributed by atoms with Gasteiger partial charge in [-0.2, -0.15) is 4.31 Å². The zero-order chi connectivity index (χ0) is 26.6. The summed E-state index contributed by atoms with van der Waals surface area (Å²) in [5, 5.41) is 3.38. The van der Waals surface area contributed by atoms with E-state index in [9.17, 15) is 13.2 Å². The summed E-state index contributed by atoms with van der Waals surface area (Å²) in [5.41, 5.74) is 3.13. The van der Waals surface area contributed by atoms with E-state index in [1.54, 1.807) is 62.4 Å². The summed E-state index contributed by atoms with van der Waals surface area (Å²) < 4.78 is 39.4. The van der Waals surface area contributed by atoms with E-state index in [2.05, 4.69) is 5.32 Å². The predicted molar refractivity (Wildman–Crippen MR) is 143 cm³/mol. The van der Waals surface area contributed by atoms with Gasteiger partial charge in [-0.15, -0.1) is 0 Å². The monoisotopic (exact) mass is 550 g/mol. The van der Waals surface area contributed by atoms with Crippen molar-refractivity contribution < 1.29 is 22.7 Å². The summed E-state index contributed by atoms with van der Waals surface area (Å²) in [6, 6.07) is 13.4. The van der Waals surface area contributed by atoms with E-state index in [0.717, 1.165) is 9.87 Å². The minimum Gasteiger partial charge on any atom is -0.497 e. The Balaban J connectivity index is 1.99. The molecule has 0 aliphatic carbocycles. The molecular weight excluding hydrogens is 523 g/mol. The highest BCUT2D eigenvalue weighted by atomic mass is 35.5. The molecule has 3 aromatic carbocycles. The lowest BCUT2D eigenvalue weighted by atomic mass is 10.1. The van der Waals surface area contributed by atoms with Crippen molar-refractivity contribution in [3.05, 3.63) is 80.8 Å². The van der Waals surface area contributed by atoms with E-state index in [4.69, 9.17) is 32.7 Å². The quantitative estimate of drug-likeness (QED) is 0.365. The summed E-state index contributed by atoms with van der Waals surface area (Å²) >= 11 is 12.2. The standard InChI is InChI=1S/C26H28Cl2N2O5S/c1-16-10-17(2)26(18(3)11-16)36(32,33)30(14-19-6-8-21(27)22(28)12-19)15-25(31)29-23-9-7-20(34-4)13-24(23)35-5/h6-13H,14-15H2,1-5H3,(H,29,31). The van der Waals surface area contributed by atoms with Gasteiger partial charge < -0.3 is 14.8 Å². The Morgan fingerprint density at radius 2 is 1.58 bits per heavy atom. The van der Waals surface area contributed by atoms with E-state index in [1.807, 2.05) is 6.92 Å². The number of methoxy groups -OCH3 is 2. The first-order valence-corrected chi connectivity index (χ1v) is 13.2. The van der Waals surface area contributed by atoms with Gasteiger partial charge in [0.2, 0.25) is 15.9 Å². The fourth-order valence-electron chi connectivity index (χ4n) is 4.02. The maximum atomic E-state index is 13.9. The van der Waals surface area contributed by atoms with Gasteiger partial charge in [0.25, 0.3) is 0 Å². The van der Waals surface area contributed by atoms with Crippen LogP contribution in [0.2, 0.25) is 10.0 Å². The van der Waals surface area contributed by atoms with Crippen LogP contribution in [0.3, 0.4) is 0 Å². The first kappa shape index (κ1) is 27.8. The number of aryl methyl sites for hydroxylation is 3. The number of hydrogen-bond acceptors (Lipinski definition) is 5. The van der Waals surface area contributed by atoms with Gasteiger partial charge in [0, 0.05) is 12.6 Å². The van der Waals surface area contributed by atoms with Crippen molar-refractivity contribution >= 4 is 44.8 Å². The minimum atomic E-state index is -4.07. The third kappa shape index (κ3) is 6.31. The molecule has 0 saturated carbocycles. The number of ether oxygens (including phenoxy) is 2. The second-order valence-corrected chi connectivity index (χ2v) is 11.1. The number of carbonyl (C=O) groups excluding carboxylic acids is 1. The summed E-state index contributed by atoms with van der Waals surface area (Å²) in [6.45, 7) is 4.86. The smallest absolute Gasteiger partial charge is 0.244 e. The SMILES string of the molecule is COc1ccc(NC(=O)CN(Cc2ccc(Cl)c(Cl)c2)S(=O)(=O)c2c(C)cc(C)cc2C)c(OC)c1. The molecule has 1 amide bonds. The number of benzene rings is 3. The first-order valence-electron chi connectivity index (χ1n) is 11.0. The Morgan fingerprint density at radius 3 is 2.17 bits per heavy atom. The molecule has 7 nitrogen and oxygen atoms in total. The third-order valence-corrected chi connectivity index (χ3v) is 8.39. The summed E-state index contributed by atoms with van der Waals surface area (Å²) in [6.07, 6.45) is 0. The molecule has 0 saturated heterocycles. The van der Waals surface area contributed by atoms with Gasteiger partial charge in [-0.1, -0.05) is 47.0 Å². The predicted octanol–water partition coefficient (Wildman–Crippen LogP) is 5.77. The van der Waals surface area contributed by atoms with Crippen molar-refractivity contribution in [2.24, 2.45) is 0 Å². The summed E-state index contributed by atoms with van der Waals surface area (Å²) in [7, 11) is -1.08. The highest BCUT2D eigenvalue weighted by Crippen LogP contribution is 2.31. The maximum absolute atomic E-state index is 13.9. The second kappa shape index (κ2) is 11.5. The third-order valence-electron chi connectivity index (χ3n) is 5.55. The Labute approximate surface area is 222 Å². The highest BCUT2D eigenvalue weighted by Gasteiger charge is 2.30. The van der Waals surface area contributed by atoms with Crippen LogP contribution in [0.4, 0.5) is 5.69 Å². The average molecular weight is 551 g/mol. The van der Waals surface area contributed by atoms with Gasteiger partial charge in [0.15, 0.2) is 0 Å². The number of hydrogen-bond donors (Lipinski definition) is 1. The van der Waals surface area contributed by atoms with Gasteiger partial charge in [-0.3, -0.25) is 4.79 Å². The zero-order valence-corrected chi connectivity index (χ0v) is 23.0. The number of nitrogens with one attached hydrogen (secondary N) is 1. The van der Waals surface area contributed by atoms with Crippen LogP contribution in [-0.4, -0.2) is 39.4 Å². The molecular formula is C26H28Cl2N2O5S. The van der Waals surface area contributed by atoms with Crippen LogP contribution in [-0.2, 0) is 21.4 Å². The first-order chi connectivity index (χ1) is 17.0. The fourth-order valence-corrected chi connectivity index (χ4v) is 6.14. The van der Waals surface area contributed by atoms with Crippen molar-refractivity contribution in [3.63, 3.8) is 0 Å². The van der Waals surface area contributed by atoms with Crippen LogP contribution in [0.25, 0.3) is 0 Å². The lowest BCUT2D eigenvalue weighted by Gasteiger charge is -2.24. The van der Waals surface area contributed by atoms with Crippen molar-refractivity contribution in [1.29, 1.82) is 0 Å². The molecule has 0 fully saturated rings. The van der Waals surface area contributed by atoms with Crippen LogP contribution in [0.5, 0.6) is 11.5 Å². The number of carbonyl (C=O) groups is 1. The van der Waals surface area contributed by atoms with Gasteiger partial charge in [0.05, 0.1) is 41.4 Å². The Hall–Kier alpha value is -2.78. The fraction of sp³-hybridized carbons (Fsp3) is 0.269. The van der Waals surface area contributed by atoms with E-state index in [1.165, 1.54) is 14.2 Å². The molecule has 0 radical (unpaired) electrons. The minimum absolute atomic E-state index is 0.0842. The molecule has 36 heavy (non-hydrogen) atoms. The molecule has 0 aliphatic rings. The van der Waals surface area contributed by atoms with Gasteiger partial charge in [-0.25, -0.2) is 8.42 Å². The molecule has 0 bridgehead atoms. The molecule has 3 aromatic rings. The van der Waals surface area contributed by atoms with Crippen LogP contribution in [0.1, 0.15) is 22.3 Å². The molecule has 3 rings (SSSR count). The average Bonchev–Trinajstić information content (AvgIpc) is 2.80. The van der Waals surface area contributed by atoms with Gasteiger partial charge in [-0.05, 0) is 61.7 Å². The number of amides is 1. The summed E-state index contributed by atoms with van der Waals surface area (Å²) in [5.74, 6) is 0.398. The van der Waals surface area contributed by atoms with Gasteiger partial charge in [0.1, 0.15) is 11.5 Å². The van der Waals surface area contributed by atoms with E-state index < -0.39 is 22.5 Å². The number of anilines is 1. The van der Waals surface area contributed by atoms with Crippen molar-refractivity contribution in [3.8, 4) is 11.5 Å². The topological polar surface area (TPSA) is 84.9 Å². The van der Waals surface area contributed by atoms with Crippen LogP contribution < -0.4 is 14.8 Å². The molecule has 10 heteroatoms. The van der Waals surface area contributed by atoms with Gasteiger partial charge >= 0.3 is 0 Å².